The quantitative estimate of drug-likeness (QED) is 0.795. The number of benzene rings is 1. The number of nitrogens with one attached hydrogen (secondary N) is 1. The summed E-state index contributed by atoms with van der Waals surface area (Å²) in [4.78, 5) is 0. The van der Waals surface area contributed by atoms with Gasteiger partial charge < -0.3 is 19.3 Å². The average molecular weight is 250 g/mol. The number of ether oxygens (including phenoxy) is 3. The molecule has 0 radical (unpaired) electrons. The van der Waals surface area contributed by atoms with Crippen LogP contribution < -0.4 is 19.5 Å². The van der Waals surface area contributed by atoms with Crippen LogP contribution in [0.3, 0.4) is 0 Å². The number of hydrogen-bond donors (Lipinski definition) is 2. The molecular weight excluding hydrogens is 236 g/mol. The lowest BCUT2D eigenvalue weighted by molar-refractivity contribution is 0.171. The second-order valence-corrected chi connectivity index (χ2v) is 3.70. The molecule has 1 atom stereocenters. The van der Waals surface area contributed by atoms with Gasteiger partial charge in [0.25, 0.3) is 0 Å². The van der Waals surface area contributed by atoms with Crippen LogP contribution in [0.15, 0.2) is 12.1 Å². The smallest absolute Gasteiger partial charge is 0.231 e. The van der Waals surface area contributed by atoms with Gasteiger partial charge in [-0.25, -0.2) is 0 Å². The Labute approximate surface area is 105 Å². The van der Waals surface area contributed by atoms with Gasteiger partial charge in [-0.3, -0.25) is 5.32 Å². The molecular formula is C12H14N2O4. The minimum absolute atomic E-state index is 0.0279. The summed E-state index contributed by atoms with van der Waals surface area (Å²) in [7, 11) is 1.53. The van der Waals surface area contributed by atoms with Crippen molar-refractivity contribution in [3.8, 4) is 23.3 Å². The Kier molecular flexibility index (Phi) is 3.87. The molecule has 2 rings (SSSR count). The van der Waals surface area contributed by atoms with Crippen molar-refractivity contribution >= 4 is 0 Å². The van der Waals surface area contributed by atoms with Crippen molar-refractivity contribution in [2.75, 3.05) is 27.1 Å². The summed E-state index contributed by atoms with van der Waals surface area (Å²) in [6, 6.07) is 5.06. The fourth-order valence-electron chi connectivity index (χ4n) is 1.76. The van der Waals surface area contributed by atoms with E-state index < -0.39 is 6.04 Å². The van der Waals surface area contributed by atoms with Gasteiger partial charge in [0.1, 0.15) is 6.04 Å². The number of fused-ring (bicyclic) bond motifs is 1. The second kappa shape index (κ2) is 5.58. The van der Waals surface area contributed by atoms with E-state index in [2.05, 4.69) is 11.4 Å². The number of methoxy groups -OCH3 is 1. The highest BCUT2D eigenvalue weighted by Gasteiger charge is 2.22. The SMILES string of the molecule is COc1cc(C(C#N)NCCO)cc2c1OCO2. The summed E-state index contributed by atoms with van der Waals surface area (Å²) in [6.45, 7) is 0.464. The van der Waals surface area contributed by atoms with Gasteiger partial charge in [-0.1, -0.05) is 0 Å². The van der Waals surface area contributed by atoms with Gasteiger partial charge in [-0.2, -0.15) is 5.26 Å². The maximum Gasteiger partial charge on any atom is 0.231 e. The van der Waals surface area contributed by atoms with E-state index in [4.69, 9.17) is 24.6 Å². The summed E-state index contributed by atoms with van der Waals surface area (Å²) in [5.74, 6) is 1.65. The van der Waals surface area contributed by atoms with Gasteiger partial charge in [0.2, 0.25) is 12.5 Å². The topological polar surface area (TPSA) is 83.7 Å². The first-order chi connectivity index (χ1) is 8.80. The van der Waals surface area contributed by atoms with Crippen molar-refractivity contribution in [2.24, 2.45) is 0 Å². The van der Waals surface area contributed by atoms with Gasteiger partial charge in [-0.05, 0) is 17.7 Å². The third kappa shape index (κ3) is 2.32. The first kappa shape index (κ1) is 12.5. The van der Waals surface area contributed by atoms with Gasteiger partial charge in [0, 0.05) is 6.54 Å². The van der Waals surface area contributed by atoms with Crippen LogP contribution in [-0.4, -0.2) is 32.2 Å². The molecule has 1 aromatic rings. The molecule has 0 aromatic heterocycles. The molecule has 0 spiro atoms. The number of rotatable bonds is 5. The maximum atomic E-state index is 9.11. The monoisotopic (exact) mass is 250 g/mol. The number of hydrogen-bond acceptors (Lipinski definition) is 6. The number of aliphatic hydroxyl groups is 1. The third-order valence-corrected chi connectivity index (χ3v) is 2.60. The van der Waals surface area contributed by atoms with Crippen LogP contribution in [0.1, 0.15) is 11.6 Å². The fourth-order valence-corrected chi connectivity index (χ4v) is 1.76. The molecule has 6 nitrogen and oxygen atoms in total. The first-order valence-corrected chi connectivity index (χ1v) is 5.51. The van der Waals surface area contributed by atoms with E-state index in [-0.39, 0.29) is 13.4 Å². The summed E-state index contributed by atoms with van der Waals surface area (Å²) < 4.78 is 15.8. The van der Waals surface area contributed by atoms with E-state index >= 15 is 0 Å². The van der Waals surface area contributed by atoms with Crippen molar-refractivity contribution < 1.29 is 19.3 Å². The van der Waals surface area contributed by atoms with Crippen molar-refractivity contribution in [2.45, 2.75) is 6.04 Å². The van der Waals surface area contributed by atoms with E-state index in [1.807, 2.05) is 0 Å². The Bertz CT molecular complexity index is 470. The molecule has 96 valence electrons. The number of nitrogens with zero attached hydrogens (tertiary/aromatic N) is 1. The number of aliphatic hydroxyl groups excluding tert-OH is 1. The highest BCUT2D eigenvalue weighted by Crippen LogP contribution is 2.42. The second-order valence-electron chi connectivity index (χ2n) is 3.70. The van der Waals surface area contributed by atoms with Gasteiger partial charge in [0.05, 0.1) is 19.8 Å². The Balaban J connectivity index is 2.30. The lowest BCUT2D eigenvalue weighted by Crippen LogP contribution is -2.23. The molecule has 0 bridgehead atoms. The first-order valence-electron chi connectivity index (χ1n) is 5.51. The van der Waals surface area contributed by atoms with E-state index in [9.17, 15) is 0 Å². The Morgan fingerprint density at radius 3 is 3.06 bits per heavy atom. The summed E-state index contributed by atoms with van der Waals surface area (Å²) in [6.07, 6.45) is 0. The van der Waals surface area contributed by atoms with Crippen LogP contribution in [0.2, 0.25) is 0 Å². The predicted octanol–water partition coefficient (Wildman–Crippen LogP) is 0.570. The molecule has 1 aliphatic rings. The summed E-state index contributed by atoms with van der Waals surface area (Å²) in [5.41, 5.74) is 0.715. The van der Waals surface area contributed by atoms with E-state index in [1.54, 1.807) is 12.1 Å². The minimum Gasteiger partial charge on any atom is -0.493 e. The Hall–Kier alpha value is -1.97. The molecule has 0 saturated heterocycles. The van der Waals surface area contributed by atoms with Gasteiger partial charge in [-0.15, -0.1) is 0 Å². The molecule has 1 heterocycles. The van der Waals surface area contributed by atoms with E-state index in [0.717, 1.165) is 0 Å². The van der Waals surface area contributed by atoms with E-state index in [1.165, 1.54) is 7.11 Å². The minimum atomic E-state index is -0.527. The third-order valence-electron chi connectivity index (χ3n) is 2.60. The van der Waals surface area contributed by atoms with Crippen LogP contribution >= 0.6 is 0 Å². The highest BCUT2D eigenvalue weighted by molar-refractivity contribution is 5.56. The van der Waals surface area contributed by atoms with Crippen LogP contribution in [0.25, 0.3) is 0 Å². The standard InChI is InChI=1S/C12H14N2O4/c1-16-10-4-8(9(6-13)14-2-3-15)5-11-12(10)18-7-17-11/h4-5,9,14-15H,2-3,7H2,1H3. The van der Waals surface area contributed by atoms with Crippen LogP contribution in [0.5, 0.6) is 17.2 Å². The molecule has 0 saturated carbocycles. The molecule has 1 aliphatic heterocycles. The molecule has 1 aromatic carbocycles. The largest absolute Gasteiger partial charge is 0.493 e. The lowest BCUT2D eigenvalue weighted by atomic mass is 10.1. The molecule has 1 unspecified atom stereocenters. The van der Waals surface area contributed by atoms with Crippen LogP contribution in [0.4, 0.5) is 0 Å². The van der Waals surface area contributed by atoms with Crippen molar-refractivity contribution in [3.05, 3.63) is 17.7 Å². The molecule has 0 fully saturated rings. The average Bonchev–Trinajstić information content (AvgIpc) is 2.87. The van der Waals surface area contributed by atoms with Crippen molar-refractivity contribution in [1.29, 1.82) is 5.26 Å². The summed E-state index contributed by atoms with van der Waals surface area (Å²) >= 11 is 0. The normalized spacial score (nSPS) is 14.1. The fraction of sp³-hybridized carbons (Fsp3) is 0.417. The lowest BCUT2D eigenvalue weighted by Gasteiger charge is -2.13. The summed E-state index contributed by atoms with van der Waals surface area (Å²) in [5, 5.41) is 20.8. The Morgan fingerprint density at radius 2 is 2.39 bits per heavy atom. The van der Waals surface area contributed by atoms with E-state index in [0.29, 0.717) is 29.4 Å². The zero-order chi connectivity index (χ0) is 13.0. The number of nitriles is 1. The zero-order valence-electron chi connectivity index (χ0n) is 9.97. The van der Waals surface area contributed by atoms with Crippen LogP contribution in [-0.2, 0) is 0 Å². The van der Waals surface area contributed by atoms with Crippen LogP contribution in [0, 0.1) is 11.3 Å². The predicted molar refractivity (Wildman–Crippen MR) is 62.6 cm³/mol. The molecule has 0 amide bonds. The molecule has 6 heteroatoms. The Morgan fingerprint density at radius 1 is 1.56 bits per heavy atom. The molecule has 18 heavy (non-hydrogen) atoms. The van der Waals surface area contributed by atoms with Gasteiger partial charge >= 0.3 is 0 Å². The molecule has 0 aliphatic carbocycles. The molecule has 2 N–H and O–H groups in total. The maximum absolute atomic E-state index is 9.11. The van der Waals surface area contributed by atoms with Crippen molar-refractivity contribution in [3.63, 3.8) is 0 Å². The zero-order valence-corrected chi connectivity index (χ0v) is 9.97. The highest BCUT2D eigenvalue weighted by atomic mass is 16.7. The van der Waals surface area contributed by atoms with Gasteiger partial charge in [0.15, 0.2) is 11.5 Å². The van der Waals surface area contributed by atoms with Crippen molar-refractivity contribution in [1.82, 2.24) is 5.32 Å².